The standard InChI is InChI=1S/C26H28ClFN4O4S.C23H25FN4O3.2C22H21FN6O2/c1-26(28)5-8-31(9-6-26)25(34)19-12-17-2-7-32(23(17)29-16-19)22-14-18(13-20(27)15-22)24(33)30-21-3-10-37(35,36)11-4-21;1-23(24)6-10-27(11-7-23)22(31)18-13-16-5-9-28(20(16)26-15-18)19-4-2-3-17(14-19)21(30)25-8-12-29;1-14-26-19(27-31-14)16-10-18(13-24-11-16)29-6-3-15-9-17(12-25-20(15)29)21(30)28-7-4-22(2,23)5-8-28;1-14-26-19(27-31-14)18-4-3-17(13-24-18)29-8-5-15-11-16(12-25-20(15)29)21(30)28-9-6-22(2,23)7-10-28/h2,7,12-16,21H,3-6,8-11H2,1H3,(H,30,33);2-5,9,13-15,29H,6-8,10-12H2,1H3,(H,25,30);3,6,9-13H,4-5,7-8H2,1-2H3;3-5,8,11-13H,6-7,9-10H2,1-2H3. The molecule has 2 aromatic carbocycles. The molecular weight excluding hydrogens is 1720 g/mol. The molecule has 3 N–H and O–H groups in total. The summed E-state index contributed by atoms with van der Waals surface area (Å²) in [5.74, 6) is 0.876. The summed E-state index contributed by atoms with van der Waals surface area (Å²) in [5, 5.41) is 25.8. The van der Waals surface area contributed by atoms with Gasteiger partial charge in [0.05, 0.1) is 64.1 Å². The van der Waals surface area contributed by atoms with Gasteiger partial charge in [0, 0.05) is 189 Å². The van der Waals surface area contributed by atoms with Gasteiger partial charge >= 0.3 is 0 Å². The monoisotopic (exact) mass is 1810 g/mol. The molecule has 0 aliphatic carbocycles. The quantitative estimate of drug-likeness (QED) is 0.0802. The number of hydrogen-bond donors (Lipinski definition) is 3. The molecule has 0 saturated carbocycles. The number of aryl methyl sites for hydroxylation is 2. The second-order valence-corrected chi connectivity index (χ2v) is 37.1. The molecule has 0 radical (unpaired) electrons. The van der Waals surface area contributed by atoms with E-state index in [2.05, 4.69) is 60.8 Å². The molecule has 19 rings (SSSR count). The molecule has 5 aliphatic rings. The maximum absolute atomic E-state index is 14.1. The molecule has 17 heterocycles. The number of rotatable bonds is 15. The van der Waals surface area contributed by atoms with Gasteiger partial charge in [-0.25, -0.2) is 45.9 Å². The van der Waals surface area contributed by atoms with E-state index in [9.17, 15) is 54.7 Å². The predicted molar refractivity (Wildman–Crippen MR) is 478 cm³/mol. The van der Waals surface area contributed by atoms with Crippen LogP contribution in [0.15, 0.2) is 186 Å². The number of aliphatic hydroxyl groups is 1. The molecule has 5 fully saturated rings. The third-order valence-electron chi connectivity index (χ3n) is 24.1. The third-order valence-corrected chi connectivity index (χ3v) is 26.1. The Balaban J connectivity index is 0.000000127. The number of fused-ring (bicyclic) bond motifs is 4. The van der Waals surface area contributed by atoms with Gasteiger partial charge in [-0.05, 0) is 195 Å². The predicted octanol–water partition coefficient (Wildman–Crippen LogP) is 14.1. The summed E-state index contributed by atoms with van der Waals surface area (Å²) < 4.78 is 97.1. The van der Waals surface area contributed by atoms with Crippen molar-refractivity contribution in [1.29, 1.82) is 0 Å². The number of likely N-dealkylation sites (tertiary alicyclic amines) is 4. The SMILES string of the molecule is CC1(F)CCN(C(=O)c2cnc3c(ccn3-c3cc(Cl)cc(C(=O)NC4CCS(=O)(=O)CC4)c3)c2)CC1.CC1(F)CCN(C(=O)c2cnc3c(ccn3-c3cccc(C(=O)NCCO)c3)c2)CC1.Cc1nc(-c2ccc(-n3ccc4cc(C(=O)N5CCC(C)(F)CC5)cnc43)cn2)no1.Cc1nc(-c2cncc(-n3ccc4cc(C(=O)N5CCC(C)(F)CC5)cnc43)c2)no1. The molecule has 5 aliphatic heterocycles. The smallest absolute Gasteiger partial charge is 0.255 e. The van der Waals surface area contributed by atoms with Crippen molar-refractivity contribution in [2.45, 2.75) is 134 Å². The maximum atomic E-state index is 14.1. The van der Waals surface area contributed by atoms with E-state index in [-0.39, 0.29) is 66.1 Å². The molecule has 674 valence electrons. The number of carbonyl (C=O) groups is 6. The Labute approximate surface area is 749 Å². The van der Waals surface area contributed by atoms with Gasteiger partial charge in [0.2, 0.25) is 23.4 Å². The number of sulfone groups is 1. The number of benzene rings is 2. The Bertz CT molecular complexity index is 6690. The molecule has 5 saturated heterocycles. The minimum absolute atomic E-state index is 0.0667. The van der Waals surface area contributed by atoms with Gasteiger partial charge in [-0.2, -0.15) is 9.97 Å². The fraction of sp³-hybridized carbons (Fsp3) is 0.355. The van der Waals surface area contributed by atoms with Crippen LogP contribution in [0.4, 0.5) is 17.6 Å². The van der Waals surface area contributed by atoms with E-state index >= 15 is 0 Å². The first-order valence-electron chi connectivity index (χ1n) is 42.8. The van der Waals surface area contributed by atoms with Crippen LogP contribution in [0.1, 0.15) is 166 Å². The van der Waals surface area contributed by atoms with Crippen LogP contribution in [0.2, 0.25) is 5.02 Å². The topological polar surface area (TPSA) is 369 Å². The molecule has 6 amide bonds. The van der Waals surface area contributed by atoms with E-state index in [0.717, 1.165) is 49.8 Å². The second-order valence-electron chi connectivity index (χ2n) is 34.3. The maximum Gasteiger partial charge on any atom is 0.255 e. The van der Waals surface area contributed by atoms with Crippen LogP contribution >= 0.6 is 11.6 Å². The molecule has 0 bridgehead atoms. The Morgan fingerprint density at radius 2 is 0.854 bits per heavy atom. The average molecular weight is 1810 g/mol. The largest absolute Gasteiger partial charge is 0.395 e. The number of piperidine rings is 4. The molecule has 14 aromatic rings. The molecule has 0 spiro atoms. The summed E-state index contributed by atoms with van der Waals surface area (Å²) in [4.78, 5) is 118. The van der Waals surface area contributed by atoms with E-state index in [1.54, 1.807) is 158 Å². The van der Waals surface area contributed by atoms with Crippen molar-refractivity contribution in [3.63, 3.8) is 0 Å². The molecule has 37 heteroatoms. The number of aliphatic hydroxyl groups excluding tert-OH is 1. The molecule has 12 aromatic heterocycles. The lowest BCUT2D eigenvalue weighted by atomic mass is 9.95. The fourth-order valence-electron chi connectivity index (χ4n) is 16.2. The van der Waals surface area contributed by atoms with Crippen molar-refractivity contribution in [1.82, 2.24) is 98.7 Å². The number of halogens is 5. The van der Waals surface area contributed by atoms with Crippen molar-refractivity contribution in [2.24, 2.45) is 0 Å². The third kappa shape index (κ3) is 20.8. The van der Waals surface area contributed by atoms with E-state index < -0.39 is 32.5 Å². The van der Waals surface area contributed by atoms with Crippen LogP contribution in [0.3, 0.4) is 0 Å². The van der Waals surface area contributed by atoms with E-state index in [4.69, 9.17) is 25.8 Å². The lowest BCUT2D eigenvalue weighted by Gasteiger charge is -2.34. The minimum Gasteiger partial charge on any atom is -0.395 e. The number of hydrogen-bond acceptors (Lipinski definition) is 21. The Kier molecular flexibility index (Phi) is 25.8. The number of amides is 6. The van der Waals surface area contributed by atoms with Crippen LogP contribution in [0, 0.1) is 13.8 Å². The van der Waals surface area contributed by atoms with Gasteiger partial charge in [0.15, 0.2) is 0 Å². The van der Waals surface area contributed by atoms with Gasteiger partial charge in [0.25, 0.3) is 35.4 Å². The van der Waals surface area contributed by atoms with Crippen molar-refractivity contribution < 1.29 is 68.9 Å². The molecule has 31 nitrogen and oxygen atoms in total. The lowest BCUT2D eigenvalue weighted by molar-refractivity contribution is 0.0493. The van der Waals surface area contributed by atoms with Crippen LogP contribution in [-0.2, 0) is 9.84 Å². The van der Waals surface area contributed by atoms with Gasteiger partial charge < -0.3 is 53.5 Å². The van der Waals surface area contributed by atoms with E-state index in [1.807, 2.05) is 93.0 Å². The minimum atomic E-state index is -3.02. The highest BCUT2D eigenvalue weighted by Crippen LogP contribution is 2.35. The summed E-state index contributed by atoms with van der Waals surface area (Å²) >= 11 is 6.35. The number of alkyl halides is 4. The van der Waals surface area contributed by atoms with Gasteiger partial charge in [0.1, 0.15) is 60.8 Å². The van der Waals surface area contributed by atoms with Gasteiger partial charge in [-0.15, -0.1) is 0 Å². The summed E-state index contributed by atoms with van der Waals surface area (Å²) in [6.45, 7) is 13.1. The van der Waals surface area contributed by atoms with E-state index in [0.29, 0.717) is 207 Å². The Morgan fingerprint density at radius 3 is 1.26 bits per heavy atom. The Morgan fingerprint density at radius 1 is 0.446 bits per heavy atom. The van der Waals surface area contributed by atoms with Crippen LogP contribution < -0.4 is 10.6 Å². The average Bonchev–Trinajstić information content (AvgIpc) is 1.65. The Hall–Kier alpha value is -13.5. The number of nitrogens with zero attached hydrogens (tertiary/aromatic N) is 18. The first kappa shape index (κ1) is 89.9. The second kappa shape index (κ2) is 37.3. The van der Waals surface area contributed by atoms with Gasteiger partial charge in [-0.3, -0.25) is 47.9 Å². The van der Waals surface area contributed by atoms with Crippen molar-refractivity contribution in [3.8, 4) is 45.7 Å². The normalized spacial score (nSPS) is 17.0. The number of pyridine rings is 6. The van der Waals surface area contributed by atoms with Crippen molar-refractivity contribution in [3.05, 3.63) is 228 Å². The van der Waals surface area contributed by atoms with Crippen LogP contribution in [-0.4, -0.2) is 243 Å². The number of nitrogens with one attached hydrogen (secondary N) is 2. The van der Waals surface area contributed by atoms with Crippen LogP contribution in [0.5, 0.6) is 0 Å². The lowest BCUT2D eigenvalue weighted by Crippen LogP contribution is -2.43. The fourth-order valence-corrected chi connectivity index (χ4v) is 17.9. The number of carbonyl (C=O) groups excluding carboxylic acids is 6. The van der Waals surface area contributed by atoms with Crippen molar-refractivity contribution in [2.75, 3.05) is 77.0 Å². The highest BCUT2D eigenvalue weighted by molar-refractivity contribution is 7.91. The zero-order valence-electron chi connectivity index (χ0n) is 72.3. The first-order valence-corrected chi connectivity index (χ1v) is 45.0. The highest BCUT2D eigenvalue weighted by Gasteiger charge is 2.37. The zero-order valence-corrected chi connectivity index (χ0v) is 73.8. The molecule has 0 unspecified atom stereocenters. The van der Waals surface area contributed by atoms with Gasteiger partial charge in [-0.1, -0.05) is 28.0 Å². The summed E-state index contributed by atoms with van der Waals surface area (Å²) in [5.41, 5.74) is 4.96. The first-order chi connectivity index (χ1) is 62.2. The van der Waals surface area contributed by atoms with E-state index in [1.165, 1.54) is 6.20 Å². The zero-order chi connectivity index (χ0) is 91.6. The molecular formula is C93H95ClF4N20O11S. The van der Waals surface area contributed by atoms with Crippen molar-refractivity contribution >= 4 is 101 Å². The van der Waals surface area contributed by atoms with Crippen LogP contribution in [0.25, 0.3) is 89.8 Å². The highest BCUT2D eigenvalue weighted by atomic mass is 35.5. The summed E-state index contributed by atoms with van der Waals surface area (Å²) in [6.07, 6.45) is 22.2. The summed E-state index contributed by atoms with van der Waals surface area (Å²) in [7, 11) is -3.02. The molecule has 0 atom stereocenters. The molecule has 130 heavy (non-hydrogen) atoms. The summed E-state index contributed by atoms with van der Waals surface area (Å²) in [6, 6.07) is 32.2. The number of aromatic nitrogens is 14.